The number of halogens is 1. The summed E-state index contributed by atoms with van der Waals surface area (Å²) in [5.74, 6) is 0.581. The number of benzene rings is 2. The van der Waals surface area contributed by atoms with Gasteiger partial charge < -0.3 is 15.5 Å². The molecule has 1 aliphatic rings. The minimum atomic E-state index is -0.170. The third-order valence-corrected chi connectivity index (χ3v) is 4.57. The van der Waals surface area contributed by atoms with E-state index in [0.717, 1.165) is 31.0 Å². The van der Waals surface area contributed by atoms with Crippen LogP contribution in [0.3, 0.4) is 0 Å². The highest BCUT2D eigenvalue weighted by molar-refractivity contribution is 5.80. The Morgan fingerprint density at radius 1 is 1.24 bits per heavy atom. The normalized spacial score (nSPS) is 17.6. The summed E-state index contributed by atoms with van der Waals surface area (Å²) < 4.78 is 13.6. The maximum absolute atomic E-state index is 13.6. The van der Waals surface area contributed by atoms with Gasteiger partial charge in [-0.2, -0.15) is 0 Å². The molecule has 1 saturated heterocycles. The lowest BCUT2D eigenvalue weighted by Gasteiger charge is -2.20. The maximum Gasteiger partial charge on any atom is 0.191 e. The first-order valence-electron chi connectivity index (χ1n) is 8.68. The Hall–Kier alpha value is -2.56. The van der Waals surface area contributed by atoms with Gasteiger partial charge in [-0.25, -0.2) is 4.39 Å². The summed E-state index contributed by atoms with van der Waals surface area (Å²) in [5.41, 5.74) is 2.83. The molecule has 0 bridgehead atoms. The zero-order chi connectivity index (χ0) is 17.6. The zero-order valence-electron chi connectivity index (χ0n) is 14.8. The molecule has 1 fully saturated rings. The van der Waals surface area contributed by atoms with E-state index in [0.29, 0.717) is 18.2 Å². The highest BCUT2D eigenvalue weighted by Gasteiger charge is 2.23. The molecule has 0 spiro atoms. The van der Waals surface area contributed by atoms with E-state index >= 15 is 0 Å². The fourth-order valence-corrected chi connectivity index (χ4v) is 3.07. The number of para-hydroxylation sites is 1. The minimum Gasteiger partial charge on any atom is -0.369 e. The van der Waals surface area contributed by atoms with Crippen molar-refractivity contribution in [2.75, 3.05) is 25.0 Å². The van der Waals surface area contributed by atoms with Crippen LogP contribution in [0.4, 0.5) is 10.1 Å². The Bertz CT molecular complexity index is 730. The monoisotopic (exact) mass is 340 g/mol. The van der Waals surface area contributed by atoms with Crippen molar-refractivity contribution in [3.05, 3.63) is 65.5 Å². The molecule has 0 aliphatic carbocycles. The molecule has 1 heterocycles. The maximum atomic E-state index is 13.6. The van der Waals surface area contributed by atoms with E-state index in [4.69, 9.17) is 0 Å². The molecule has 1 atom stereocenters. The van der Waals surface area contributed by atoms with Crippen LogP contribution in [0.25, 0.3) is 0 Å². The Kier molecular flexibility index (Phi) is 5.53. The van der Waals surface area contributed by atoms with Gasteiger partial charge in [-0.05, 0) is 42.7 Å². The van der Waals surface area contributed by atoms with Gasteiger partial charge >= 0.3 is 0 Å². The lowest BCUT2D eigenvalue weighted by atomic mass is 10.1. The molecular weight excluding hydrogens is 315 g/mol. The van der Waals surface area contributed by atoms with Gasteiger partial charge in [0.25, 0.3) is 0 Å². The lowest BCUT2D eigenvalue weighted by molar-refractivity contribution is 0.614. The number of hydrogen-bond donors (Lipinski definition) is 2. The predicted molar refractivity (Wildman–Crippen MR) is 102 cm³/mol. The van der Waals surface area contributed by atoms with E-state index in [-0.39, 0.29) is 5.82 Å². The number of nitrogens with zero attached hydrogens (tertiary/aromatic N) is 2. The number of nitrogens with one attached hydrogen (secondary N) is 2. The Labute approximate surface area is 148 Å². The smallest absolute Gasteiger partial charge is 0.191 e. The molecule has 1 aliphatic heterocycles. The van der Waals surface area contributed by atoms with E-state index in [9.17, 15) is 4.39 Å². The van der Waals surface area contributed by atoms with Gasteiger partial charge in [0, 0.05) is 38.4 Å². The second-order valence-corrected chi connectivity index (χ2v) is 6.42. The van der Waals surface area contributed by atoms with E-state index in [1.807, 2.05) is 12.1 Å². The number of hydrogen-bond acceptors (Lipinski definition) is 2. The van der Waals surface area contributed by atoms with Crippen molar-refractivity contribution < 1.29 is 4.39 Å². The van der Waals surface area contributed by atoms with Crippen molar-refractivity contribution in [2.24, 2.45) is 4.99 Å². The standard InChI is InChI=1S/C20H25FN4/c1-15-8-9-16(12-19(15)21)13-23-20(22-2)24-17-10-11-25(14-17)18-6-4-3-5-7-18/h3-9,12,17H,10-11,13-14H2,1-2H3,(H2,22,23,24). The molecule has 4 nitrogen and oxygen atoms in total. The second-order valence-electron chi connectivity index (χ2n) is 6.42. The van der Waals surface area contributed by atoms with E-state index in [1.165, 1.54) is 5.69 Å². The number of aliphatic imine (C=N–C) groups is 1. The first-order chi connectivity index (χ1) is 12.2. The summed E-state index contributed by atoms with van der Waals surface area (Å²) in [5, 5.41) is 6.73. The van der Waals surface area contributed by atoms with Crippen molar-refractivity contribution in [2.45, 2.75) is 25.9 Å². The van der Waals surface area contributed by atoms with Crippen molar-refractivity contribution in [1.82, 2.24) is 10.6 Å². The highest BCUT2D eigenvalue weighted by atomic mass is 19.1. The molecule has 1 unspecified atom stereocenters. The summed E-state index contributed by atoms with van der Waals surface area (Å²) in [4.78, 5) is 6.66. The Morgan fingerprint density at radius 3 is 2.76 bits per heavy atom. The van der Waals surface area contributed by atoms with E-state index in [2.05, 4.69) is 44.8 Å². The Balaban J connectivity index is 1.52. The molecule has 2 aromatic rings. The van der Waals surface area contributed by atoms with Crippen molar-refractivity contribution in [1.29, 1.82) is 0 Å². The molecule has 5 heteroatoms. The fraction of sp³-hybridized carbons (Fsp3) is 0.350. The van der Waals surface area contributed by atoms with E-state index in [1.54, 1.807) is 26.1 Å². The van der Waals surface area contributed by atoms with Gasteiger partial charge in [0.2, 0.25) is 0 Å². The number of aryl methyl sites for hydroxylation is 1. The van der Waals surface area contributed by atoms with Crippen molar-refractivity contribution in [3.63, 3.8) is 0 Å². The molecule has 0 aromatic heterocycles. The van der Waals surface area contributed by atoms with Crippen LogP contribution >= 0.6 is 0 Å². The van der Waals surface area contributed by atoms with Crippen LogP contribution < -0.4 is 15.5 Å². The summed E-state index contributed by atoms with van der Waals surface area (Å²) in [6.45, 7) is 4.29. The van der Waals surface area contributed by atoms with Crippen LogP contribution in [0.15, 0.2) is 53.5 Å². The third kappa shape index (κ3) is 4.50. The molecule has 0 radical (unpaired) electrons. The zero-order valence-corrected chi connectivity index (χ0v) is 14.8. The number of rotatable bonds is 4. The quantitative estimate of drug-likeness (QED) is 0.664. The average Bonchev–Trinajstić information content (AvgIpc) is 3.11. The average molecular weight is 340 g/mol. The summed E-state index contributed by atoms with van der Waals surface area (Å²) in [7, 11) is 1.76. The molecule has 132 valence electrons. The van der Waals surface area contributed by atoms with Crippen LogP contribution in [-0.4, -0.2) is 32.1 Å². The predicted octanol–water partition coefficient (Wildman–Crippen LogP) is 3.08. The van der Waals surface area contributed by atoms with Crippen molar-refractivity contribution >= 4 is 11.6 Å². The third-order valence-electron chi connectivity index (χ3n) is 4.57. The number of guanidine groups is 1. The van der Waals surface area contributed by atoms with Crippen LogP contribution in [0.1, 0.15) is 17.5 Å². The molecule has 2 aromatic carbocycles. The molecule has 25 heavy (non-hydrogen) atoms. The van der Waals surface area contributed by atoms with E-state index < -0.39 is 0 Å². The summed E-state index contributed by atoms with van der Waals surface area (Å²) in [6, 6.07) is 16.1. The molecule has 0 amide bonds. The minimum absolute atomic E-state index is 0.170. The second kappa shape index (κ2) is 8.01. The highest BCUT2D eigenvalue weighted by Crippen LogP contribution is 2.19. The first-order valence-corrected chi connectivity index (χ1v) is 8.68. The van der Waals surface area contributed by atoms with Crippen molar-refractivity contribution in [3.8, 4) is 0 Å². The number of anilines is 1. The SMILES string of the molecule is CN=C(NCc1ccc(C)c(F)c1)NC1CCN(c2ccccc2)C1. The summed E-state index contributed by atoms with van der Waals surface area (Å²) >= 11 is 0. The lowest BCUT2D eigenvalue weighted by Crippen LogP contribution is -2.44. The van der Waals surface area contributed by atoms with Gasteiger partial charge in [0.15, 0.2) is 5.96 Å². The van der Waals surface area contributed by atoms with Gasteiger partial charge in [-0.3, -0.25) is 4.99 Å². The van der Waals surface area contributed by atoms with Crippen LogP contribution in [-0.2, 0) is 6.54 Å². The molecule has 0 saturated carbocycles. The van der Waals surface area contributed by atoms with Crippen LogP contribution in [0.5, 0.6) is 0 Å². The molecule has 2 N–H and O–H groups in total. The molecular formula is C20H25FN4. The topological polar surface area (TPSA) is 39.7 Å². The fourth-order valence-electron chi connectivity index (χ4n) is 3.07. The largest absolute Gasteiger partial charge is 0.369 e. The van der Waals surface area contributed by atoms with Gasteiger partial charge in [0.05, 0.1) is 0 Å². The van der Waals surface area contributed by atoms with Crippen LogP contribution in [0, 0.1) is 12.7 Å². The Morgan fingerprint density at radius 2 is 2.04 bits per heavy atom. The van der Waals surface area contributed by atoms with Gasteiger partial charge in [-0.1, -0.05) is 30.3 Å². The van der Waals surface area contributed by atoms with Crippen LogP contribution in [0.2, 0.25) is 0 Å². The first kappa shape index (κ1) is 17.3. The van der Waals surface area contributed by atoms with Gasteiger partial charge in [0.1, 0.15) is 5.82 Å². The van der Waals surface area contributed by atoms with Gasteiger partial charge in [-0.15, -0.1) is 0 Å². The summed E-state index contributed by atoms with van der Waals surface area (Å²) in [6.07, 6.45) is 1.06. The molecule has 3 rings (SSSR count).